The first-order chi connectivity index (χ1) is 18.1. The summed E-state index contributed by atoms with van der Waals surface area (Å²) in [7, 11) is 0. The van der Waals surface area contributed by atoms with Gasteiger partial charge in [-0.05, 0) is 52.1 Å². The van der Waals surface area contributed by atoms with E-state index < -0.39 is 6.29 Å². The number of aliphatic hydroxyl groups is 1. The highest BCUT2D eigenvalue weighted by atomic mass is 32.2. The lowest BCUT2D eigenvalue weighted by Gasteiger charge is -2.41. The van der Waals surface area contributed by atoms with Crippen LogP contribution in [0, 0.1) is 5.92 Å². The Balaban J connectivity index is 1.44. The van der Waals surface area contributed by atoms with Crippen LogP contribution in [0.2, 0.25) is 0 Å². The first-order valence-electron chi connectivity index (χ1n) is 12.7. The van der Waals surface area contributed by atoms with Gasteiger partial charge in [0.15, 0.2) is 6.29 Å². The average molecular weight is 512 g/mol. The van der Waals surface area contributed by atoms with Crippen LogP contribution >= 0.6 is 11.8 Å². The minimum Gasteiger partial charge on any atom is -0.392 e. The first kappa shape index (κ1) is 25.7. The lowest BCUT2D eigenvalue weighted by molar-refractivity contribution is -0.268. The predicted octanol–water partition coefficient (Wildman–Crippen LogP) is 6.89. The van der Waals surface area contributed by atoms with Gasteiger partial charge in [0.05, 0.1) is 18.8 Å². The fraction of sp³-hybridized carbons (Fsp3) is 0.250. The Morgan fingerprint density at radius 1 is 0.757 bits per heavy atom. The van der Waals surface area contributed by atoms with Crippen LogP contribution in [0.25, 0.3) is 11.1 Å². The molecule has 1 fully saturated rings. The van der Waals surface area contributed by atoms with Gasteiger partial charge in [-0.1, -0.05) is 85.8 Å². The second kappa shape index (κ2) is 12.1. The number of aliphatic hydroxyl groups excluding tert-OH is 1. The molecule has 5 heteroatoms. The highest BCUT2D eigenvalue weighted by Crippen LogP contribution is 2.43. The molecule has 1 saturated heterocycles. The topological polar surface area (TPSA) is 64.7 Å². The summed E-state index contributed by atoms with van der Waals surface area (Å²) in [6, 6.07) is 35.2. The number of ether oxygens (including phenoxy) is 2. The molecule has 5 rings (SSSR count). The van der Waals surface area contributed by atoms with Crippen molar-refractivity contribution in [2.75, 3.05) is 5.75 Å². The van der Waals surface area contributed by atoms with Crippen LogP contribution in [0.1, 0.15) is 41.6 Å². The molecule has 4 atom stereocenters. The van der Waals surface area contributed by atoms with Crippen LogP contribution in [0.3, 0.4) is 0 Å². The molecule has 0 bridgehead atoms. The molecule has 37 heavy (non-hydrogen) atoms. The second-order valence-electron chi connectivity index (χ2n) is 9.48. The molecule has 0 unspecified atom stereocenters. The Labute approximate surface area is 223 Å². The first-order valence-corrected chi connectivity index (χ1v) is 13.7. The lowest BCUT2D eigenvalue weighted by Crippen LogP contribution is -2.38. The van der Waals surface area contributed by atoms with Gasteiger partial charge in [0.1, 0.15) is 0 Å². The molecule has 0 radical (unpaired) electrons. The molecule has 4 aromatic carbocycles. The van der Waals surface area contributed by atoms with E-state index in [0.29, 0.717) is 6.54 Å². The minimum atomic E-state index is -0.488. The number of hydrogen-bond acceptors (Lipinski definition) is 5. The van der Waals surface area contributed by atoms with Gasteiger partial charge >= 0.3 is 0 Å². The van der Waals surface area contributed by atoms with Gasteiger partial charge in [0.2, 0.25) is 0 Å². The van der Waals surface area contributed by atoms with Crippen molar-refractivity contribution < 1.29 is 14.6 Å². The SMILES string of the molecule is C[C@H]1[C@@H](CSc2ccccc2)O[C@@H](c2cccc(-c3cccc(CN)c3)c2)O[C@H]1c1ccc(CO)cc1. The molecule has 190 valence electrons. The maximum Gasteiger partial charge on any atom is 0.184 e. The van der Waals surface area contributed by atoms with Crippen molar-refractivity contribution in [3.63, 3.8) is 0 Å². The maximum absolute atomic E-state index is 9.49. The van der Waals surface area contributed by atoms with Crippen molar-refractivity contribution in [2.24, 2.45) is 11.7 Å². The van der Waals surface area contributed by atoms with E-state index in [9.17, 15) is 5.11 Å². The van der Waals surface area contributed by atoms with Crippen LogP contribution in [0.4, 0.5) is 0 Å². The fourth-order valence-electron chi connectivity index (χ4n) is 4.75. The van der Waals surface area contributed by atoms with Crippen molar-refractivity contribution >= 4 is 11.8 Å². The Morgan fingerprint density at radius 3 is 2.22 bits per heavy atom. The third-order valence-corrected chi connectivity index (χ3v) is 8.04. The molecule has 1 heterocycles. The Bertz CT molecular complexity index is 1290. The smallest absolute Gasteiger partial charge is 0.184 e. The largest absolute Gasteiger partial charge is 0.392 e. The predicted molar refractivity (Wildman–Crippen MR) is 150 cm³/mol. The van der Waals surface area contributed by atoms with Crippen LogP contribution in [-0.2, 0) is 22.6 Å². The number of benzene rings is 4. The van der Waals surface area contributed by atoms with E-state index in [2.05, 4.69) is 79.7 Å². The van der Waals surface area contributed by atoms with Gasteiger partial charge < -0.3 is 20.3 Å². The monoisotopic (exact) mass is 511 g/mol. The molecule has 0 saturated carbocycles. The highest BCUT2D eigenvalue weighted by molar-refractivity contribution is 7.99. The molecule has 4 nitrogen and oxygen atoms in total. The summed E-state index contributed by atoms with van der Waals surface area (Å²) in [6.45, 7) is 2.74. The van der Waals surface area contributed by atoms with E-state index in [0.717, 1.165) is 39.1 Å². The van der Waals surface area contributed by atoms with Gasteiger partial charge in [-0.15, -0.1) is 11.8 Å². The molecular formula is C32H33NO3S. The molecule has 0 amide bonds. The van der Waals surface area contributed by atoms with Crippen LogP contribution in [0.15, 0.2) is 108 Å². The summed E-state index contributed by atoms with van der Waals surface area (Å²) in [5, 5.41) is 9.49. The normalized spacial score (nSPS) is 21.6. The number of thioether (sulfide) groups is 1. The second-order valence-corrected chi connectivity index (χ2v) is 10.6. The Morgan fingerprint density at radius 2 is 1.49 bits per heavy atom. The van der Waals surface area contributed by atoms with Crippen LogP contribution < -0.4 is 5.73 Å². The molecule has 0 aromatic heterocycles. The summed E-state index contributed by atoms with van der Waals surface area (Å²) in [5.74, 6) is 0.978. The molecule has 4 aromatic rings. The number of hydrogen-bond donors (Lipinski definition) is 2. The molecule has 1 aliphatic rings. The Kier molecular flexibility index (Phi) is 8.39. The molecule has 3 N–H and O–H groups in total. The fourth-order valence-corrected chi connectivity index (χ4v) is 5.84. The number of nitrogens with two attached hydrogens (primary N) is 1. The van der Waals surface area contributed by atoms with E-state index in [1.807, 2.05) is 42.1 Å². The van der Waals surface area contributed by atoms with Gasteiger partial charge in [-0.2, -0.15) is 0 Å². The minimum absolute atomic E-state index is 0.00398. The highest BCUT2D eigenvalue weighted by Gasteiger charge is 2.38. The zero-order chi connectivity index (χ0) is 25.6. The molecular weight excluding hydrogens is 478 g/mol. The molecule has 0 spiro atoms. The van der Waals surface area contributed by atoms with Crippen molar-refractivity contribution in [3.8, 4) is 11.1 Å². The third kappa shape index (κ3) is 6.15. The Hall–Kier alpha value is -2.93. The zero-order valence-electron chi connectivity index (χ0n) is 21.0. The van der Waals surface area contributed by atoms with Crippen molar-refractivity contribution in [1.29, 1.82) is 0 Å². The van der Waals surface area contributed by atoms with Gasteiger partial charge in [-0.25, -0.2) is 0 Å². The zero-order valence-corrected chi connectivity index (χ0v) is 21.8. The van der Waals surface area contributed by atoms with E-state index in [4.69, 9.17) is 15.2 Å². The summed E-state index contributed by atoms with van der Waals surface area (Å²) in [6.07, 6.45) is -0.620. The van der Waals surface area contributed by atoms with Crippen LogP contribution in [-0.4, -0.2) is 17.0 Å². The summed E-state index contributed by atoms with van der Waals surface area (Å²) in [4.78, 5) is 1.23. The van der Waals surface area contributed by atoms with E-state index in [1.165, 1.54) is 4.90 Å². The van der Waals surface area contributed by atoms with E-state index in [1.54, 1.807) is 0 Å². The third-order valence-electron chi connectivity index (χ3n) is 6.94. The van der Waals surface area contributed by atoms with Crippen molar-refractivity contribution in [1.82, 2.24) is 0 Å². The molecule has 0 aliphatic carbocycles. The maximum atomic E-state index is 9.49. The quantitative estimate of drug-likeness (QED) is 0.252. The molecule has 1 aliphatic heterocycles. The van der Waals surface area contributed by atoms with E-state index in [-0.39, 0.29) is 24.7 Å². The van der Waals surface area contributed by atoms with Crippen molar-refractivity contribution in [3.05, 3.63) is 125 Å². The average Bonchev–Trinajstić information content (AvgIpc) is 2.97. The van der Waals surface area contributed by atoms with Gasteiger partial charge in [-0.3, -0.25) is 0 Å². The summed E-state index contributed by atoms with van der Waals surface area (Å²) >= 11 is 1.81. The number of rotatable bonds is 8. The summed E-state index contributed by atoms with van der Waals surface area (Å²) < 4.78 is 13.3. The van der Waals surface area contributed by atoms with Crippen LogP contribution in [0.5, 0.6) is 0 Å². The van der Waals surface area contributed by atoms with Crippen molar-refractivity contribution in [2.45, 2.75) is 43.5 Å². The lowest BCUT2D eigenvalue weighted by atomic mass is 9.91. The van der Waals surface area contributed by atoms with Gasteiger partial charge in [0.25, 0.3) is 0 Å². The standard InChI is InChI=1S/C32H33NO3S/c1-22-30(21-37-29-11-3-2-4-12-29)35-32(36-31(22)25-15-13-23(20-34)14-16-25)28-10-6-9-27(18-28)26-8-5-7-24(17-26)19-33/h2-18,22,30-32,34H,19-21,33H2,1H3/t22-,30+,31+,32+/m0/s1. The summed E-state index contributed by atoms with van der Waals surface area (Å²) in [5.41, 5.74) is 12.2. The van der Waals surface area contributed by atoms with E-state index >= 15 is 0 Å². The van der Waals surface area contributed by atoms with Gasteiger partial charge in [0, 0.05) is 28.7 Å².